The van der Waals surface area contributed by atoms with Crippen molar-refractivity contribution in [3.8, 4) is 11.8 Å². The zero-order valence-electron chi connectivity index (χ0n) is 17.4. The normalized spacial score (nSPS) is 11.9. The first-order valence-corrected chi connectivity index (χ1v) is 11.3. The van der Waals surface area contributed by atoms with E-state index in [1.54, 1.807) is 6.92 Å². The van der Waals surface area contributed by atoms with Crippen molar-refractivity contribution < 1.29 is 22.3 Å². The largest absolute Gasteiger partial charge is 0.394 e. The van der Waals surface area contributed by atoms with Crippen LogP contribution >= 0.6 is 11.6 Å². The predicted molar refractivity (Wildman–Crippen MR) is 119 cm³/mol. The molecule has 0 aliphatic heterocycles. The molecule has 1 aromatic carbocycles. The molecule has 3 rings (SSSR count). The number of benzene rings is 1. The highest BCUT2D eigenvalue weighted by molar-refractivity contribution is 7.92. The summed E-state index contributed by atoms with van der Waals surface area (Å²) < 4.78 is 56.6. The van der Waals surface area contributed by atoms with E-state index in [-0.39, 0.29) is 39.8 Å². The molecule has 0 amide bonds. The molecular weight excluding hydrogens is 476 g/mol. The van der Waals surface area contributed by atoms with Gasteiger partial charge in [-0.2, -0.15) is 0 Å². The van der Waals surface area contributed by atoms with Crippen LogP contribution in [0.25, 0.3) is 0 Å². The molecule has 0 saturated carbocycles. The van der Waals surface area contributed by atoms with Gasteiger partial charge in [0.15, 0.2) is 5.82 Å². The van der Waals surface area contributed by atoms with Crippen LogP contribution in [0.1, 0.15) is 23.7 Å². The highest BCUT2D eigenvalue weighted by Gasteiger charge is 2.22. The van der Waals surface area contributed by atoms with Crippen molar-refractivity contribution >= 4 is 33.3 Å². The maximum Gasteiger partial charge on any atom is 0.263 e. The number of rotatable bonds is 6. The van der Waals surface area contributed by atoms with Crippen LogP contribution in [0.3, 0.4) is 0 Å². The van der Waals surface area contributed by atoms with E-state index in [1.807, 2.05) is 0 Å². The summed E-state index contributed by atoms with van der Waals surface area (Å²) in [5.74, 6) is 2.98. The Balaban J connectivity index is 1.89. The van der Waals surface area contributed by atoms with Gasteiger partial charge in [-0.25, -0.2) is 27.2 Å². The number of anilines is 2. The number of aromatic nitrogens is 3. The van der Waals surface area contributed by atoms with Crippen molar-refractivity contribution in [1.82, 2.24) is 15.0 Å². The Morgan fingerprint density at radius 2 is 1.85 bits per heavy atom. The minimum absolute atomic E-state index is 0.0846. The lowest BCUT2D eigenvalue weighted by Crippen LogP contribution is -2.20. The average molecular weight is 494 g/mol. The van der Waals surface area contributed by atoms with Crippen LogP contribution in [-0.2, 0) is 10.0 Å². The number of nitrogens with zero attached hydrogens (tertiary/aromatic N) is 3. The minimum atomic E-state index is -4.26. The molecule has 172 valence electrons. The smallest absolute Gasteiger partial charge is 0.263 e. The van der Waals surface area contributed by atoms with Crippen LogP contribution in [0.2, 0.25) is 5.02 Å². The topological polar surface area (TPSA) is 117 Å². The Morgan fingerprint density at radius 3 is 2.52 bits per heavy atom. The first-order chi connectivity index (χ1) is 15.6. The molecule has 2 aromatic heterocycles. The Morgan fingerprint density at radius 1 is 1.15 bits per heavy atom. The van der Waals surface area contributed by atoms with E-state index in [4.69, 9.17) is 16.7 Å². The van der Waals surface area contributed by atoms with Crippen molar-refractivity contribution in [3.63, 3.8) is 0 Å². The van der Waals surface area contributed by atoms with Crippen LogP contribution in [0.15, 0.2) is 41.7 Å². The Kier molecular flexibility index (Phi) is 7.43. The van der Waals surface area contributed by atoms with E-state index in [2.05, 4.69) is 36.8 Å². The zero-order valence-corrected chi connectivity index (χ0v) is 19.0. The molecule has 0 radical (unpaired) electrons. The first-order valence-electron chi connectivity index (χ1n) is 9.45. The lowest BCUT2D eigenvalue weighted by molar-refractivity contribution is 0.281. The molecule has 0 bridgehead atoms. The molecule has 2 heterocycles. The van der Waals surface area contributed by atoms with E-state index in [9.17, 15) is 17.2 Å². The summed E-state index contributed by atoms with van der Waals surface area (Å²) >= 11 is 5.82. The second-order valence-electron chi connectivity index (χ2n) is 6.90. The molecule has 0 saturated heterocycles. The number of aliphatic hydroxyl groups excluding tert-OH is 1. The molecule has 8 nitrogen and oxygen atoms in total. The number of hydrogen-bond donors (Lipinski definition) is 3. The third kappa shape index (κ3) is 5.92. The molecule has 3 aromatic rings. The number of nitrogens with one attached hydrogen (secondary N) is 2. The SMILES string of the molecule is Cc1ncc(Cl)cc1S(=O)(=O)Nc1ccc(F)c(C#Cc2cnc(NC(C)CO)nc2)c1F. The summed E-state index contributed by atoms with van der Waals surface area (Å²) in [6.07, 6.45) is 3.95. The van der Waals surface area contributed by atoms with Gasteiger partial charge in [0.1, 0.15) is 10.7 Å². The minimum Gasteiger partial charge on any atom is -0.394 e. The molecule has 33 heavy (non-hydrogen) atoms. The van der Waals surface area contributed by atoms with Crippen LogP contribution in [0, 0.1) is 30.4 Å². The van der Waals surface area contributed by atoms with Gasteiger partial charge in [0, 0.05) is 24.6 Å². The second kappa shape index (κ2) is 10.1. The van der Waals surface area contributed by atoms with Crippen molar-refractivity contribution in [2.45, 2.75) is 24.8 Å². The number of hydrogen-bond acceptors (Lipinski definition) is 7. The summed E-state index contributed by atoms with van der Waals surface area (Å²) in [6, 6.07) is 2.76. The molecule has 1 atom stereocenters. The quantitative estimate of drug-likeness (QED) is 0.452. The highest BCUT2D eigenvalue weighted by atomic mass is 35.5. The third-order valence-corrected chi connectivity index (χ3v) is 5.95. The van der Waals surface area contributed by atoms with E-state index in [0.717, 1.165) is 12.1 Å². The van der Waals surface area contributed by atoms with Gasteiger partial charge < -0.3 is 10.4 Å². The summed E-state index contributed by atoms with van der Waals surface area (Å²) in [5.41, 5.74) is -0.704. The number of pyridine rings is 1. The van der Waals surface area contributed by atoms with Gasteiger partial charge in [0.2, 0.25) is 5.95 Å². The van der Waals surface area contributed by atoms with Gasteiger partial charge in [-0.15, -0.1) is 0 Å². The van der Waals surface area contributed by atoms with Crippen molar-refractivity contribution in [2.24, 2.45) is 0 Å². The highest BCUT2D eigenvalue weighted by Crippen LogP contribution is 2.25. The van der Waals surface area contributed by atoms with Gasteiger partial charge in [0.05, 0.1) is 34.1 Å². The Labute approximate surface area is 194 Å². The Bertz CT molecular complexity index is 1340. The van der Waals surface area contributed by atoms with E-state index >= 15 is 0 Å². The van der Waals surface area contributed by atoms with Crippen molar-refractivity contribution in [1.29, 1.82) is 0 Å². The maximum atomic E-state index is 14.9. The van der Waals surface area contributed by atoms with E-state index in [0.29, 0.717) is 0 Å². The number of aliphatic hydroxyl groups is 1. The summed E-state index contributed by atoms with van der Waals surface area (Å²) in [4.78, 5) is 11.6. The standard InChI is InChI=1S/C21H18ClF2N5O3S/c1-12(11-30)28-21-26-8-14(9-27-21)3-4-16-17(23)5-6-18(20(16)24)29-33(31,32)19-7-15(22)10-25-13(19)2/h5-10,12,29-30H,11H2,1-2H3,(H,26,27,28). The fourth-order valence-corrected chi connectivity index (χ4v) is 4.08. The van der Waals surface area contributed by atoms with Gasteiger partial charge in [-0.05, 0) is 32.0 Å². The summed E-state index contributed by atoms with van der Waals surface area (Å²) in [6.45, 7) is 3.07. The fourth-order valence-electron chi connectivity index (χ4n) is 2.57. The predicted octanol–water partition coefficient (Wildman–Crippen LogP) is 3.10. The van der Waals surface area contributed by atoms with E-state index in [1.165, 1.54) is 31.6 Å². The molecular formula is C21H18ClF2N5O3S. The molecule has 1 unspecified atom stereocenters. The molecule has 0 aliphatic carbocycles. The van der Waals surface area contributed by atoms with Gasteiger partial charge >= 0.3 is 0 Å². The Hall–Kier alpha value is -3.33. The van der Waals surface area contributed by atoms with Gasteiger partial charge in [-0.1, -0.05) is 23.4 Å². The lowest BCUT2D eigenvalue weighted by atomic mass is 10.1. The van der Waals surface area contributed by atoms with Crippen LogP contribution in [0.5, 0.6) is 0 Å². The molecule has 3 N–H and O–H groups in total. The lowest BCUT2D eigenvalue weighted by Gasteiger charge is -2.12. The van der Waals surface area contributed by atoms with Crippen molar-refractivity contribution in [3.05, 3.63) is 70.3 Å². The van der Waals surface area contributed by atoms with Crippen LogP contribution in [0.4, 0.5) is 20.4 Å². The average Bonchev–Trinajstić information content (AvgIpc) is 2.78. The first kappa shape index (κ1) is 24.3. The number of halogens is 3. The zero-order chi connectivity index (χ0) is 24.2. The van der Waals surface area contributed by atoms with E-state index < -0.39 is 32.9 Å². The second-order valence-corrected chi connectivity index (χ2v) is 8.99. The molecule has 12 heteroatoms. The number of sulfonamides is 1. The monoisotopic (exact) mass is 493 g/mol. The van der Waals surface area contributed by atoms with Crippen molar-refractivity contribution in [2.75, 3.05) is 16.6 Å². The molecule has 0 spiro atoms. The van der Waals surface area contributed by atoms with Crippen LogP contribution in [-0.4, -0.2) is 41.1 Å². The summed E-state index contributed by atoms with van der Waals surface area (Å²) in [5, 5.41) is 12.0. The summed E-state index contributed by atoms with van der Waals surface area (Å²) in [7, 11) is -4.26. The maximum absolute atomic E-state index is 14.9. The molecule has 0 fully saturated rings. The fraction of sp³-hybridized carbons (Fsp3) is 0.190. The van der Waals surface area contributed by atoms with Gasteiger partial charge in [0.25, 0.3) is 10.0 Å². The van der Waals surface area contributed by atoms with Gasteiger partial charge in [-0.3, -0.25) is 9.71 Å². The van der Waals surface area contributed by atoms with Crippen LogP contribution < -0.4 is 10.0 Å². The molecule has 0 aliphatic rings. The number of aryl methyl sites for hydroxylation is 1. The third-order valence-electron chi connectivity index (χ3n) is 4.27.